The summed E-state index contributed by atoms with van der Waals surface area (Å²) in [7, 11) is 0. The van der Waals surface area contributed by atoms with Crippen LogP contribution in [0.15, 0.2) is 60.7 Å². The molecule has 3 aromatic rings. The summed E-state index contributed by atoms with van der Waals surface area (Å²) in [6, 6.07) is 19.5. The van der Waals surface area contributed by atoms with Gasteiger partial charge in [0, 0.05) is 5.39 Å². The van der Waals surface area contributed by atoms with E-state index in [0.717, 1.165) is 22.2 Å². The first-order valence-corrected chi connectivity index (χ1v) is 7.69. The maximum absolute atomic E-state index is 10.5. The summed E-state index contributed by atoms with van der Waals surface area (Å²) in [5.41, 5.74) is 2.81. The number of hydrogen-bond acceptors (Lipinski definition) is 3. The van der Waals surface area contributed by atoms with Gasteiger partial charge in [-0.25, -0.2) is 4.98 Å². The molecule has 0 saturated carbocycles. The fourth-order valence-electron chi connectivity index (χ4n) is 2.32. The van der Waals surface area contributed by atoms with Gasteiger partial charge in [0.15, 0.2) is 0 Å². The highest BCUT2D eigenvalue weighted by molar-refractivity contribution is 5.80. The number of fused-ring (bicyclic) bond motifs is 1. The van der Waals surface area contributed by atoms with Crippen LogP contribution in [-0.4, -0.2) is 22.7 Å². The lowest BCUT2D eigenvalue weighted by Gasteiger charge is -2.05. The van der Waals surface area contributed by atoms with E-state index in [1.807, 2.05) is 72.8 Å². The zero-order chi connectivity index (χ0) is 16.8. The fraction of sp³-hybridized carbons (Fsp3) is 0.100. The quantitative estimate of drug-likeness (QED) is 0.737. The molecule has 0 atom stereocenters. The highest BCUT2D eigenvalue weighted by atomic mass is 16.5. The molecule has 0 amide bonds. The van der Waals surface area contributed by atoms with E-state index in [0.29, 0.717) is 5.75 Å². The predicted octanol–water partition coefficient (Wildman–Crippen LogP) is 4.26. The summed E-state index contributed by atoms with van der Waals surface area (Å²) in [6.45, 7) is 0.161. The van der Waals surface area contributed by atoms with E-state index in [-0.39, 0.29) is 13.0 Å². The molecule has 0 aliphatic rings. The number of hydrogen-bond donors (Lipinski definition) is 1. The lowest BCUT2D eigenvalue weighted by molar-refractivity contribution is -0.137. The van der Waals surface area contributed by atoms with E-state index in [9.17, 15) is 4.79 Å². The van der Waals surface area contributed by atoms with Crippen LogP contribution >= 0.6 is 0 Å². The van der Waals surface area contributed by atoms with Crippen molar-refractivity contribution < 1.29 is 14.6 Å². The third-order valence-electron chi connectivity index (χ3n) is 3.51. The molecule has 0 aliphatic heterocycles. The van der Waals surface area contributed by atoms with Gasteiger partial charge >= 0.3 is 5.97 Å². The van der Waals surface area contributed by atoms with Crippen molar-refractivity contribution >= 4 is 29.0 Å². The first-order chi connectivity index (χ1) is 11.7. The summed E-state index contributed by atoms with van der Waals surface area (Å²) < 4.78 is 5.44. The fourth-order valence-corrected chi connectivity index (χ4v) is 2.32. The predicted molar refractivity (Wildman–Crippen MR) is 94.9 cm³/mol. The maximum Gasteiger partial charge on any atom is 0.306 e. The maximum atomic E-state index is 10.5. The number of carbonyl (C=O) groups is 1. The van der Waals surface area contributed by atoms with Crippen LogP contribution in [0.2, 0.25) is 0 Å². The summed E-state index contributed by atoms with van der Waals surface area (Å²) in [6.07, 6.45) is 3.89. The summed E-state index contributed by atoms with van der Waals surface area (Å²) in [5.74, 6) is -0.210. The van der Waals surface area contributed by atoms with Crippen LogP contribution in [0.25, 0.3) is 23.1 Å². The Hall–Kier alpha value is -3.14. The van der Waals surface area contributed by atoms with Gasteiger partial charge in [0.1, 0.15) is 5.75 Å². The van der Waals surface area contributed by atoms with Crippen molar-refractivity contribution in [1.82, 2.24) is 4.98 Å². The summed E-state index contributed by atoms with van der Waals surface area (Å²) in [4.78, 5) is 15.1. The summed E-state index contributed by atoms with van der Waals surface area (Å²) >= 11 is 0. The number of aliphatic carboxylic acids is 1. The lowest BCUT2D eigenvalue weighted by atomic mass is 10.1. The number of pyridine rings is 1. The van der Waals surface area contributed by atoms with Gasteiger partial charge in [-0.05, 0) is 35.9 Å². The van der Waals surface area contributed by atoms with E-state index >= 15 is 0 Å². The third-order valence-corrected chi connectivity index (χ3v) is 3.51. The molecule has 1 N–H and O–H groups in total. The smallest absolute Gasteiger partial charge is 0.306 e. The lowest BCUT2D eigenvalue weighted by Crippen LogP contribution is -2.04. The minimum atomic E-state index is -0.867. The van der Waals surface area contributed by atoms with Crippen molar-refractivity contribution in [3.63, 3.8) is 0 Å². The molecule has 1 heterocycles. The molecule has 120 valence electrons. The average molecular weight is 319 g/mol. The number of ether oxygens (including phenoxy) is 1. The van der Waals surface area contributed by atoms with Crippen molar-refractivity contribution in [1.29, 1.82) is 0 Å². The number of carboxylic acid groups (broad SMARTS) is 1. The standard InChI is InChI=1S/C20H17NO3/c22-20(23)12-13-24-18-6-3-4-15(14-18)8-10-17-11-9-16-5-1-2-7-19(16)21-17/h1-11,14H,12-13H2,(H,22,23)/b10-8+. The Kier molecular flexibility index (Phi) is 4.87. The molecule has 1 aromatic heterocycles. The number of aromatic nitrogens is 1. The van der Waals surface area contributed by atoms with E-state index in [1.54, 1.807) is 0 Å². The van der Waals surface area contributed by atoms with Crippen LogP contribution in [-0.2, 0) is 4.79 Å². The van der Waals surface area contributed by atoms with E-state index < -0.39 is 5.97 Å². The Balaban J connectivity index is 1.72. The van der Waals surface area contributed by atoms with Crippen molar-refractivity contribution in [3.8, 4) is 5.75 Å². The number of nitrogens with zero attached hydrogens (tertiary/aromatic N) is 1. The molecule has 0 aliphatic carbocycles. The molecule has 24 heavy (non-hydrogen) atoms. The van der Waals surface area contributed by atoms with Gasteiger partial charge in [-0.2, -0.15) is 0 Å². The largest absolute Gasteiger partial charge is 0.493 e. The molecule has 2 aromatic carbocycles. The number of benzene rings is 2. The van der Waals surface area contributed by atoms with Crippen LogP contribution in [0, 0.1) is 0 Å². The van der Waals surface area contributed by atoms with E-state index in [1.165, 1.54) is 0 Å². The van der Waals surface area contributed by atoms with Crippen molar-refractivity contribution in [3.05, 3.63) is 71.9 Å². The van der Waals surface area contributed by atoms with Crippen molar-refractivity contribution in [2.75, 3.05) is 6.61 Å². The molecule has 4 nitrogen and oxygen atoms in total. The monoisotopic (exact) mass is 319 g/mol. The van der Waals surface area contributed by atoms with Crippen LogP contribution in [0.1, 0.15) is 17.7 Å². The Labute approximate surface area is 140 Å². The molecule has 0 spiro atoms. The number of carboxylic acids is 1. The Morgan fingerprint density at radius 1 is 1.04 bits per heavy atom. The highest BCUT2D eigenvalue weighted by Crippen LogP contribution is 2.17. The van der Waals surface area contributed by atoms with Crippen LogP contribution < -0.4 is 4.74 Å². The van der Waals surface area contributed by atoms with Crippen LogP contribution in [0.3, 0.4) is 0 Å². The van der Waals surface area contributed by atoms with Crippen molar-refractivity contribution in [2.45, 2.75) is 6.42 Å². The van der Waals surface area contributed by atoms with E-state index in [4.69, 9.17) is 9.84 Å². The van der Waals surface area contributed by atoms with Gasteiger partial charge in [0.05, 0.1) is 24.2 Å². The molecular formula is C20H17NO3. The molecule has 0 unspecified atom stereocenters. The Morgan fingerprint density at radius 3 is 2.79 bits per heavy atom. The molecular weight excluding hydrogens is 302 g/mol. The second-order valence-electron chi connectivity index (χ2n) is 5.33. The molecule has 3 rings (SSSR count). The third kappa shape index (κ3) is 4.20. The van der Waals surface area contributed by atoms with Gasteiger partial charge < -0.3 is 9.84 Å². The zero-order valence-corrected chi connectivity index (χ0v) is 13.1. The number of para-hydroxylation sites is 1. The first-order valence-electron chi connectivity index (χ1n) is 7.69. The van der Waals surface area contributed by atoms with Gasteiger partial charge in [-0.1, -0.05) is 42.5 Å². The molecule has 0 fully saturated rings. The van der Waals surface area contributed by atoms with Gasteiger partial charge in [0.2, 0.25) is 0 Å². The Bertz CT molecular complexity index is 887. The van der Waals surface area contributed by atoms with Crippen LogP contribution in [0.4, 0.5) is 0 Å². The van der Waals surface area contributed by atoms with Gasteiger partial charge in [0.25, 0.3) is 0 Å². The minimum absolute atomic E-state index is 0.0128. The second kappa shape index (κ2) is 7.42. The van der Waals surface area contributed by atoms with Gasteiger partial charge in [-0.15, -0.1) is 0 Å². The molecule has 0 radical (unpaired) electrons. The van der Waals surface area contributed by atoms with Crippen LogP contribution in [0.5, 0.6) is 5.75 Å². The zero-order valence-electron chi connectivity index (χ0n) is 13.1. The normalized spacial score (nSPS) is 11.0. The molecule has 4 heteroatoms. The highest BCUT2D eigenvalue weighted by Gasteiger charge is 1.99. The summed E-state index contributed by atoms with van der Waals surface area (Å²) in [5, 5.41) is 9.75. The van der Waals surface area contributed by atoms with Crippen molar-refractivity contribution in [2.24, 2.45) is 0 Å². The number of rotatable bonds is 6. The molecule has 0 bridgehead atoms. The second-order valence-corrected chi connectivity index (χ2v) is 5.33. The van der Waals surface area contributed by atoms with Gasteiger partial charge in [-0.3, -0.25) is 4.79 Å². The average Bonchev–Trinajstić information content (AvgIpc) is 2.60. The Morgan fingerprint density at radius 2 is 1.92 bits per heavy atom. The molecule has 0 saturated heterocycles. The first kappa shape index (κ1) is 15.7. The minimum Gasteiger partial charge on any atom is -0.493 e. The topological polar surface area (TPSA) is 59.4 Å². The SMILES string of the molecule is O=C(O)CCOc1cccc(/C=C/c2ccc3ccccc3n2)c1. The van der Waals surface area contributed by atoms with E-state index in [2.05, 4.69) is 4.98 Å².